The lowest BCUT2D eigenvalue weighted by molar-refractivity contribution is 0.0917. The van der Waals surface area contributed by atoms with Gasteiger partial charge < -0.3 is 14.3 Å². The van der Waals surface area contributed by atoms with Gasteiger partial charge in [-0.25, -0.2) is 0 Å². The lowest BCUT2D eigenvalue weighted by Gasteiger charge is -2.07. The van der Waals surface area contributed by atoms with Crippen LogP contribution in [0.1, 0.15) is 69.0 Å². The van der Waals surface area contributed by atoms with Crippen molar-refractivity contribution in [3.05, 3.63) is 39.7 Å². The van der Waals surface area contributed by atoms with Gasteiger partial charge in [0.25, 0.3) is 5.91 Å². The van der Waals surface area contributed by atoms with Crippen LogP contribution in [0.3, 0.4) is 0 Å². The maximum atomic E-state index is 12.4. The Morgan fingerprint density at radius 3 is 2.78 bits per heavy atom. The third-order valence-corrected chi connectivity index (χ3v) is 4.34. The molecule has 1 amide bonds. The largest absolute Gasteiger partial charge is 0.455 e. The fraction of sp³-hybridized carbons (Fsp3) is 0.471. The SMILES string of the molecule is CCc1noc(C)c1CNC(=O)c1oc2c(c1C)C(=O)CCC2. The molecule has 3 rings (SSSR count). The second kappa shape index (κ2) is 6.02. The highest BCUT2D eigenvalue weighted by atomic mass is 16.5. The normalized spacial score (nSPS) is 14.0. The number of ketones is 1. The summed E-state index contributed by atoms with van der Waals surface area (Å²) in [5, 5.41) is 6.81. The van der Waals surface area contributed by atoms with Gasteiger partial charge in [-0.15, -0.1) is 0 Å². The molecule has 0 bridgehead atoms. The maximum absolute atomic E-state index is 12.4. The van der Waals surface area contributed by atoms with Crippen molar-refractivity contribution in [3.63, 3.8) is 0 Å². The highest BCUT2D eigenvalue weighted by Crippen LogP contribution is 2.29. The van der Waals surface area contributed by atoms with Crippen LogP contribution in [-0.2, 0) is 19.4 Å². The van der Waals surface area contributed by atoms with Crippen molar-refractivity contribution in [1.82, 2.24) is 10.5 Å². The van der Waals surface area contributed by atoms with Gasteiger partial charge in [0.2, 0.25) is 0 Å². The molecule has 1 N–H and O–H groups in total. The molecule has 0 radical (unpaired) electrons. The molecule has 122 valence electrons. The third kappa shape index (κ3) is 2.69. The number of aryl methyl sites for hydroxylation is 3. The summed E-state index contributed by atoms with van der Waals surface area (Å²) < 4.78 is 10.8. The van der Waals surface area contributed by atoms with E-state index in [1.54, 1.807) is 6.92 Å². The van der Waals surface area contributed by atoms with E-state index in [9.17, 15) is 9.59 Å². The summed E-state index contributed by atoms with van der Waals surface area (Å²) in [5.74, 6) is 1.33. The fourth-order valence-electron chi connectivity index (χ4n) is 3.06. The molecule has 0 atom stereocenters. The monoisotopic (exact) mass is 316 g/mol. The van der Waals surface area contributed by atoms with Crippen LogP contribution < -0.4 is 5.32 Å². The van der Waals surface area contributed by atoms with Crippen LogP contribution in [-0.4, -0.2) is 16.8 Å². The Bertz CT molecular complexity index is 770. The zero-order valence-corrected chi connectivity index (χ0v) is 13.6. The predicted octanol–water partition coefficient (Wildman–Crippen LogP) is 2.90. The van der Waals surface area contributed by atoms with Crippen LogP contribution in [0, 0.1) is 13.8 Å². The van der Waals surface area contributed by atoms with Crippen molar-refractivity contribution in [2.24, 2.45) is 0 Å². The van der Waals surface area contributed by atoms with Gasteiger partial charge in [0.1, 0.15) is 11.5 Å². The molecule has 2 heterocycles. The van der Waals surface area contributed by atoms with Crippen LogP contribution in [0.2, 0.25) is 0 Å². The molecule has 0 fully saturated rings. The molecule has 0 saturated heterocycles. The molecule has 0 unspecified atom stereocenters. The first kappa shape index (κ1) is 15.5. The molecular weight excluding hydrogens is 296 g/mol. The molecule has 0 aliphatic heterocycles. The van der Waals surface area contributed by atoms with Gasteiger partial charge in [0, 0.05) is 30.5 Å². The van der Waals surface area contributed by atoms with E-state index in [-0.39, 0.29) is 17.5 Å². The zero-order chi connectivity index (χ0) is 16.6. The molecule has 23 heavy (non-hydrogen) atoms. The molecule has 1 aliphatic carbocycles. The van der Waals surface area contributed by atoms with Gasteiger partial charge >= 0.3 is 0 Å². The number of furan rings is 1. The van der Waals surface area contributed by atoms with Crippen LogP contribution >= 0.6 is 0 Å². The van der Waals surface area contributed by atoms with Crippen LogP contribution in [0.25, 0.3) is 0 Å². The standard InChI is InChI=1S/C17H20N2O4/c1-4-12-11(10(3)23-19-12)8-18-17(21)16-9(2)15-13(20)6-5-7-14(15)22-16/h4-8H2,1-3H3,(H,18,21). The number of fused-ring (bicyclic) bond motifs is 1. The molecular formula is C17H20N2O4. The van der Waals surface area contributed by atoms with Gasteiger partial charge in [-0.1, -0.05) is 12.1 Å². The van der Waals surface area contributed by atoms with Gasteiger partial charge in [-0.3, -0.25) is 9.59 Å². The Labute approximate surface area is 134 Å². The topological polar surface area (TPSA) is 85.3 Å². The molecule has 0 aromatic carbocycles. The van der Waals surface area contributed by atoms with Crippen LogP contribution in [0.15, 0.2) is 8.94 Å². The Hall–Kier alpha value is -2.37. The van der Waals surface area contributed by atoms with E-state index < -0.39 is 0 Å². The Morgan fingerprint density at radius 1 is 1.30 bits per heavy atom. The Morgan fingerprint density at radius 2 is 2.09 bits per heavy atom. The number of hydrogen-bond donors (Lipinski definition) is 1. The maximum Gasteiger partial charge on any atom is 0.287 e. The van der Waals surface area contributed by atoms with Crippen LogP contribution in [0.4, 0.5) is 0 Å². The average molecular weight is 316 g/mol. The third-order valence-electron chi connectivity index (χ3n) is 4.34. The van der Waals surface area contributed by atoms with Crippen molar-refractivity contribution in [1.29, 1.82) is 0 Å². The first-order chi connectivity index (χ1) is 11.0. The smallest absolute Gasteiger partial charge is 0.287 e. The lowest BCUT2D eigenvalue weighted by atomic mass is 9.94. The lowest BCUT2D eigenvalue weighted by Crippen LogP contribution is -2.23. The minimum absolute atomic E-state index is 0.0645. The summed E-state index contributed by atoms with van der Waals surface area (Å²) in [6.45, 7) is 5.90. The number of Topliss-reactive ketones (excluding diaryl/α,β-unsaturated/α-hetero) is 1. The molecule has 2 aromatic heterocycles. The first-order valence-corrected chi connectivity index (χ1v) is 7.90. The Kier molecular flexibility index (Phi) is 4.07. The second-order valence-electron chi connectivity index (χ2n) is 5.83. The van der Waals surface area contributed by atoms with Crippen molar-refractivity contribution in [3.8, 4) is 0 Å². The molecule has 0 saturated carbocycles. The molecule has 6 nitrogen and oxygen atoms in total. The highest BCUT2D eigenvalue weighted by Gasteiger charge is 2.28. The number of aromatic nitrogens is 1. The first-order valence-electron chi connectivity index (χ1n) is 7.90. The summed E-state index contributed by atoms with van der Waals surface area (Å²) in [6, 6.07) is 0. The van der Waals surface area contributed by atoms with Crippen LogP contribution in [0.5, 0.6) is 0 Å². The number of amides is 1. The quantitative estimate of drug-likeness (QED) is 0.937. The predicted molar refractivity (Wildman–Crippen MR) is 82.5 cm³/mol. The number of carbonyl (C=O) groups is 2. The van der Waals surface area contributed by atoms with E-state index in [2.05, 4.69) is 10.5 Å². The summed E-state index contributed by atoms with van der Waals surface area (Å²) in [6.07, 6.45) is 2.75. The van der Waals surface area contributed by atoms with E-state index in [1.807, 2.05) is 13.8 Å². The van der Waals surface area contributed by atoms with Crippen molar-refractivity contribution in [2.45, 2.75) is 53.0 Å². The number of carbonyl (C=O) groups excluding carboxylic acids is 2. The second-order valence-corrected chi connectivity index (χ2v) is 5.83. The molecule has 1 aliphatic rings. The zero-order valence-electron chi connectivity index (χ0n) is 13.6. The van der Waals surface area contributed by atoms with Gasteiger partial charge in [0.15, 0.2) is 11.5 Å². The number of nitrogens with zero attached hydrogens (tertiary/aromatic N) is 1. The molecule has 6 heteroatoms. The summed E-state index contributed by atoms with van der Waals surface area (Å²) in [5.41, 5.74) is 2.97. The summed E-state index contributed by atoms with van der Waals surface area (Å²) >= 11 is 0. The average Bonchev–Trinajstić information content (AvgIpc) is 3.06. The molecule has 2 aromatic rings. The minimum atomic E-state index is -0.313. The van der Waals surface area contributed by atoms with Crippen molar-refractivity contribution in [2.75, 3.05) is 0 Å². The minimum Gasteiger partial charge on any atom is -0.455 e. The van der Waals surface area contributed by atoms with E-state index in [1.165, 1.54) is 0 Å². The fourth-order valence-corrected chi connectivity index (χ4v) is 3.06. The van der Waals surface area contributed by atoms with E-state index in [0.717, 1.165) is 24.1 Å². The number of nitrogens with one attached hydrogen (secondary N) is 1. The highest BCUT2D eigenvalue weighted by molar-refractivity contribution is 6.03. The van der Waals surface area contributed by atoms with Crippen molar-refractivity contribution >= 4 is 11.7 Å². The van der Waals surface area contributed by atoms with E-state index >= 15 is 0 Å². The summed E-state index contributed by atoms with van der Waals surface area (Å²) in [7, 11) is 0. The van der Waals surface area contributed by atoms with E-state index in [4.69, 9.17) is 8.94 Å². The summed E-state index contributed by atoms with van der Waals surface area (Å²) in [4.78, 5) is 24.4. The van der Waals surface area contributed by atoms with Gasteiger partial charge in [-0.05, 0) is 26.7 Å². The van der Waals surface area contributed by atoms with Crippen molar-refractivity contribution < 1.29 is 18.5 Å². The Balaban J connectivity index is 1.79. The van der Waals surface area contributed by atoms with Gasteiger partial charge in [-0.2, -0.15) is 0 Å². The molecule has 0 spiro atoms. The van der Waals surface area contributed by atoms with Gasteiger partial charge in [0.05, 0.1) is 11.3 Å². The number of hydrogen-bond acceptors (Lipinski definition) is 5. The number of rotatable bonds is 4. The van der Waals surface area contributed by atoms with E-state index in [0.29, 0.717) is 42.0 Å².